The number of unbranched alkanes of at least 4 members (excludes halogenated alkanes) is 9. The van der Waals surface area contributed by atoms with Crippen molar-refractivity contribution in [1.29, 1.82) is 0 Å². The molecular weight excluding hydrogens is 381 g/mol. The third kappa shape index (κ3) is 13.9. The standard InChI is InChI=1S/C17H37ClN.HI/c1-4-6-8-10-12-14-16-19(3,17-18)15-13-11-9-7-5-2;/h4-17H2,1-3H3;1H/q+1;/p-1. The third-order valence-corrected chi connectivity index (χ3v) is 4.72. The Kier molecular flexibility index (Phi) is 19.0. The second kappa shape index (κ2) is 16.4. The highest BCUT2D eigenvalue weighted by Crippen LogP contribution is 2.14. The first-order valence-corrected chi connectivity index (χ1v) is 9.11. The van der Waals surface area contributed by atoms with E-state index in [9.17, 15) is 0 Å². The molecule has 0 fully saturated rings. The summed E-state index contributed by atoms with van der Waals surface area (Å²) in [6.45, 7) is 7.09. The van der Waals surface area contributed by atoms with Crippen molar-refractivity contribution in [3.8, 4) is 0 Å². The Hall–Kier alpha value is 0.980. The SMILES string of the molecule is CCCCCCCC[N+](C)(CCl)CCCCCCC.[I-]. The van der Waals surface area contributed by atoms with Crippen LogP contribution < -0.4 is 24.0 Å². The highest BCUT2D eigenvalue weighted by molar-refractivity contribution is 6.16. The molecule has 0 aliphatic carbocycles. The van der Waals surface area contributed by atoms with Crippen LogP contribution >= 0.6 is 11.6 Å². The van der Waals surface area contributed by atoms with Gasteiger partial charge in [0.2, 0.25) is 0 Å². The molecule has 0 radical (unpaired) electrons. The van der Waals surface area contributed by atoms with E-state index in [1.807, 2.05) is 0 Å². The van der Waals surface area contributed by atoms with Gasteiger partial charge >= 0.3 is 0 Å². The molecule has 0 heterocycles. The van der Waals surface area contributed by atoms with Crippen LogP contribution in [-0.2, 0) is 0 Å². The third-order valence-electron chi connectivity index (χ3n) is 4.14. The maximum atomic E-state index is 6.18. The lowest BCUT2D eigenvalue weighted by molar-refractivity contribution is -0.899. The lowest BCUT2D eigenvalue weighted by Crippen LogP contribution is -3.00. The minimum atomic E-state index is 0. The van der Waals surface area contributed by atoms with Crippen LogP contribution in [0.5, 0.6) is 0 Å². The zero-order chi connectivity index (χ0) is 14.4. The number of halogens is 2. The molecule has 1 nitrogen and oxygen atoms in total. The van der Waals surface area contributed by atoms with Gasteiger partial charge < -0.3 is 28.5 Å². The molecule has 0 rings (SSSR count). The molecule has 0 aromatic rings. The Labute approximate surface area is 150 Å². The molecule has 0 N–H and O–H groups in total. The number of quaternary nitrogens is 1. The molecule has 0 saturated heterocycles. The van der Waals surface area contributed by atoms with Gasteiger partial charge in [-0.3, -0.25) is 0 Å². The summed E-state index contributed by atoms with van der Waals surface area (Å²) in [6.07, 6.45) is 15.2. The average Bonchev–Trinajstić information content (AvgIpc) is 2.42. The second-order valence-corrected chi connectivity index (χ2v) is 6.61. The van der Waals surface area contributed by atoms with Crippen LogP contribution in [0, 0.1) is 0 Å². The smallest absolute Gasteiger partial charge is 0.154 e. The van der Waals surface area contributed by atoms with E-state index in [2.05, 4.69) is 20.9 Å². The minimum Gasteiger partial charge on any atom is -1.00 e. The van der Waals surface area contributed by atoms with E-state index >= 15 is 0 Å². The quantitative estimate of drug-likeness (QED) is 0.134. The molecule has 124 valence electrons. The van der Waals surface area contributed by atoms with Crippen molar-refractivity contribution in [2.45, 2.75) is 84.5 Å². The van der Waals surface area contributed by atoms with Crippen molar-refractivity contribution < 1.29 is 28.5 Å². The molecule has 0 aliphatic heterocycles. The Morgan fingerprint density at radius 1 is 0.650 bits per heavy atom. The highest BCUT2D eigenvalue weighted by Gasteiger charge is 2.18. The lowest BCUT2D eigenvalue weighted by atomic mass is 10.1. The fraction of sp³-hybridized carbons (Fsp3) is 1.00. The van der Waals surface area contributed by atoms with Gasteiger partial charge in [-0.05, 0) is 25.7 Å². The van der Waals surface area contributed by atoms with Crippen molar-refractivity contribution in [2.75, 3.05) is 26.1 Å². The molecule has 1 atom stereocenters. The van der Waals surface area contributed by atoms with E-state index in [-0.39, 0.29) is 24.0 Å². The first-order chi connectivity index (χ1) is 9.18. The zero-order valence-electron chi connectivity index (χ0n) is 14.1. The van der Waals surface area contributed by atoms with E-state index in [0.29, 0.717) is 0 Å². The van der Waals surface area contributed by atoms with Crippen LogP contribution in [-0.4, -0.2) is 30.6 Å². The molecule has 0 aliphatic rings. The number of rotatable bonds is 14. The van der Waals surface area contributed by atoms with E-state index in [1.165, 1.54) is 83.7 Å². The number of hydrogen-bond donors (Lipinski definition) is 0. The van der Waals surface area contributed by atoms with Gasteiger partial charge in [0, 0.05) is 0 Å². The molecule has 0 saturated carbocycles. The Bertz CT molecular complexity index is 190. The molecule has 0 aromatic carbocycles. The van der Waals surface area contributed by atoms with Crippen LogP contribution in [0.1, 0.15) is 84.5 Å². The summed E-state index contributed by atoms with van der Waals surface area (Å²) >= 11 is 6.18. The van der Waals surface area contributed by atoms with Crippen molar-refractivity contribution in [2.24, 2.45) is 0 Å². The summed E-state index contributed by atoms with van der Waals surface area (Å²) in [4.78, 5) is 0. The summed E-state index contributed by atoms with van der Waals surface area (Å²) in [5.41, 5.74) is 0. The Balaban J connectivity index is 0. The molecule has 0 bridgehead atoms. The van der Waals surface area contributed by atoms with Gasteiger partial charge in [-0.1, -0.05) is 70.4 Å². The van der Waals surface area contributed by atoms with Gasteiger partial charge in [0.25, 0.3) is 0 Å². The molecule has 1 unspecified atom stereocenters. The predicted molar refractivity (Wildman–Crippen MR) is 88.8 cm³/mol. The van der Waals surface area contributed by atoms with Crippen LogP contribution in [0.4, 0.5) is 0 Å². The van der Waals surface area contributed by atoms with Gasteiger partial charge in [-0.2, -0.15) is 0 Å². The number of nitrogens with zero attached hydrogens (tertiary/aromatic N) is 1. The number of alkyl halides is 1. The lowest BCUT2D eigenvalue weighted by Gasteiger charge is -2.32. The Morgan fingerprint density at radius 2 is 1.00 bits per heavy atom. The monoisotopic (exact) mass is 417 g/mol. The van der Waals surface area contributed by atoms with Crippen LogP contribution in [0.2, 0.25) is 0 Å². The summed E-state index contributed by atoms with van der Waals surface area (Å²) < 4.78 is 1.07. The minimum absolute atomic E-state index is 0. The van der Waals surface area contributed by atoms with E-state index in [0.717, 1.165) is 10.5 Å². The topological polar surface area (TPSA) is 0 Å². The first kappa shape index (κ1) is 23.2. The normalized spacial score (nSPS) is 13.8. The molecule has 0 spiro atoms. The summed E-state index contributed by atoms with van der Waals surface area (Å²) in [5.74, 6) is 0. The molecule has 0 amide bonds. The molecule has 3 heteroatoms. The fourth-order valence-electron chi connectivity index (χ4n) is 2.60. The van der Waals surface area contributed by atoms with E-state index < -0.39 is 0 Å². The molecule has 0 aromatic heterocycles. The zero-order valence-corrected chi connectivity index (χ0v) is 17.0. The van der Waals surface area contributed by atoms with Gasteiger partial charge in [-0.15, -0.1) is 0 Å². The van der Waals surface area contributed by atoms with Crippen molar-refractivity contribution in [3.05, 3.63) is 0 Å². The maximum Gasteiger partial charge on any atom is 0.154 e. The molecular formula is C17H37ClIN. The molecule has 20 heavy (non-hydrogen) atoms. The second-order valence-electron chi connectivity index (χ2n) is 6.37. The van der Waals surface area contributed by atoms with Crippen molar-refractivity contribution >= 4 is 11.6 Å². The summed E-state index contributed by atoms with van der Waals surface area (Å²) in [7, 11) is 2.33. The van der Waals surface area contributed by atoms with Gasteiger partial charge in [0.15, 0.2) is 6.00 Å². The van der Waals surface area contributed by atoms with Gasteiger partial charge in [0.1, 0.15) is 0 Å². The Morgan fingerprint density at radius 3 is 1.35 bits per heavy atom. The summed E-state index contributed by atoms with van der Waals surface area (Å²) in [5, 5.41) is 0. The van der Waals surface area contributed by atoms with Gasteiger partial charge in [0.05, 0.1) is 20.1 Å². The van der Waals surface area contributed by atoms with Crippen LogP contribution in [0.3, 0.4) is 0 Å². The van der Waals surface area contributed by atoms with Gasteiger partial charge in [-0.25, -0.2) is 0 Å². The average molecular weight is 418 g/mol. The maximum absolute atomic E-state index is 6.18. The van der Waals surface area contributed by atoms with Crippen molar-refractivity contribution in [1.82, 2.24) is 0 Å². The highest BCUT2D eigenvalue weighted by atomic mass is 127. The van der Waals surface area contributed by atoms with Crippen molar-refractivity contribution in [3.63, 3.8) is 0 Å². The van der Waals surface area contributed by atoms with Crippen LogP contribution in [0.25, 0.3) is 0 Å². The fourth-order valence-corrected chi connectivity index (χ4v) is 2.84. The predicted octanol–water partition coefficient (Wildman–Crippen LogP) is 2.96. The largest absolute Gasteiger partial charge is 1.00 e. The first-order valence-electron chi connectivity index (χ1n) is 8.58. The van der Waals surface area contributed by atoms with E-state index in [1.54, 1.807) is 0 Å². The summed E-state index contributed by atoms with van der Waals surface area (Å²) in [6, 6.07) is 0.780. The van der Waals surface area contributed by atoms with Crippen LogP contribution in [0.15, 0.2) is 0 Å². The van der Waals surface area contributed by atoms with E-state index in [4.69, 9.17) is 11.6 Å². The number of hydrogen-bond acceptors (Lipinski definition) is 0.